The van der Waals surface area contributed by atoms with E-state index in [1.54, 1.807) is 13.2 Å². The minimum absolute atomic E-state index is 0.0450. The molecule has 1 N–H and O–H groups in total. The summed E-state index contributed by atoms with van der Waals surface area (Å²) in [6.45, 7) is 0.490. The number of methoxy groups -OCH3 is 1. The van der Waals surface area contributed by atoms with Crippen LogP contribution in [0.15, 0.2) is 65.1 Å². The summed E-state index contributed by atoms with van der Waals surface area (Å²) in [4.78, 5) is 14.3. The van der Waals surface area contributed by atoms with Crippen LogP contribution in [0.5, 0.6) is 5.75 Å². The number of ether oxygens (including phenoxy) is 1. The number of hydrogen-bond donors (Lipinski definition) is 1. The monoisotopic (exact) mass is 364 g/mol. The summed E-state index contributed by atoms with van der Waals surface area (Å²) < 4.78 is 11.0. The van der Waals surface area contributed by atoms with Gasteiger partial charge < -0.3 is 19.4 Å². The van der Waals surface area contributed by atoms with Crippen LogP contribution in [-0.2, 0) is 4.79 Å². The number of hydrogen-bond acceptors (Lipinski definition) is 4. The van der Waals surface area contributed by atoms with Gasteiger partial charge in [-0.3, -0.25) is 4.79 Å². The van der Waals surface area contributed by atoms with Crippen LogP contribution in [0, 0.1) is 0 Å². The molecule has 1 unspecified atom stereocenters. The molecule has 0 saturated carbocycles. The molecule has 0 radical (unpaired) electrons. The van der Waals surface area contributed by atoms with Crippen molar-refractivity contribution in [2.75, 3.05) is 27.7 Å². The molecular weight excluding hydrogens is 340 g/mol. The van der Waals surface area contributed by atoms with Crippen molar-refractivity contribution in [1.82, 2.24) is 10.2 Å². The lowest BCUT2D eigenvalue weighted by Crippen LogP contribution is -2.33. The van der Waals surface area contributed by atoms with Crippen molar-refractivity contribution in [3.05, 3.63) is 72.0 Å². The highest BCUT2D eigenvalue weighted by Gasteiger charge is 2.15. The molecule has 2 aromatic carbocycles. The first-order valence-electron chi connectivity index (χ1n) is 8.81. The first kappa shape index (κ1) is 18.7. The number of likely N-dealkylation sites (N-methyl/N-ethyl adjacent to an activating group) is 1. The largest absolute Gasteiger partial charge is 0.497 e. The molecule has 0 aliphatic rings. The summed E-state index contributed by atoms with van der Waals surface area (Å²) in [6.07, 6.45) is 3.18. The van der Waals surface area contributed by atoms with Crippen LogP contribution >= 0.6 is 0 Å². The molecule has 0 bridgehead atoms. The van der Waals surface area contributed by atoms with Gasteiger partial charge in [0.25, 0.3) is 0 Å². The van der Waals surface area contributed by atoms with Crippen molar-refractivity contribution in [2.45, 2.75) is 6.04 Å². The van der Waals surface area contributed by atoms with Crippen molar-refractivity contribution in [2.24, 2.45) is 0 Å². The Bertz CT molecular complexity index is 910. The Labute approximate surface area is 159 Å². The molecule has 0 spiro atoms. The number of furan rings is 1. The van der Waals surface area contributed by atoms with Crippen LogP contribution in [0.1, 0.15) is 17.4 Å². The molecule has 0 aliphatic heterocycles. The van der Waals surface area contributed by atoms with E-state index < -0.39 is 0 Å². The minimum Gasteiger partial charge on any atom is -0.497 e. The second kappa shape index (κ2) is 8.56. The summed E-state index contributed by atoms with van der Waals surface area (Å²) in [7, 11) is 5.62. The van der Waals surface area contributed by atoms with Gasteiger partial charge in [0.1, 0.15) is 17.1 Å². The van der Waals surface area contributed by atoms with Crippen LogP contribution in [0.4, 0.5) is 0 Å². The van der Waals surface area contributed by atoms with Gasteiger partial charge in [-0.25, -0.2) is 0 Å². The third-order valence-corrected chi connectivity index (χ3v) is 4.42. The number of carbonyl (C=O) groups excluding carboxylic acids is 1. The van der Waals surface area contributed by atoms with Gasteiger partial charge in [-0.15, -0.1) is 0 Å². The van der Waals surface area contributed by atoms with Crippen LogP contribution in [0.3, 0.4) is 0 Å². The van der Waals surface area contributed by atoms with Crippen LogP contribution in [-0.4, -0.2) is 38.6 Å². The molecule has 1 atom stereocenters. The topological polar surface area (TPSA) is 54.7 Å². The second-order valence-electron chi connectivity index (χ2n) is 6.52. The molecule has 1 heterocycles. The number of nitrogens with one attached hydrogen (secondary N) is 1. The van der Waals surface area contributed by atoms with Gasteiger partial charge >= 0.3 is 0 Å². The molecule has 0 aliphatic carbocycles. The number of carbonyl (C=O) groups is 1. The first-order valence-corrected chi connectivity index (χ1v) is 8.81. The van der Waals surface area contributed by atoms with E-state index in [2.05, 4.69) is 10.2 Å². The Morgan fingerprint density at radius 1 is 1.19 bits per heavy atom. The van der Waals surface area contributed by atoms with Gasteiger partial charge in [-0.1, -0.05) is 30.3 Å². The molecule has 5 heteroatoms. The summed E-state index contributed by atoms with van der Waals surface area (Å²) in [6, 6.07) is 17.6. The van der Waals surface area contributed by atoms with Gasteiger partial charge in [0, 0.05) is 18.0 Å². The number of para-hydroxylation sites is 1. The number of amides is 1. The van der Waals surface area contributed by atoms with E-state index in [9.17, 15) is 4.79 Å². The van der Waals surface area contributed by atoms with E-state index in [1.165, 1.54) is 6.08 Å². The lowest BCUT2D eigenvalue weighted by molar-refractivity contribution is -0.116. The molecule has 1 aromatic heterocycles. The fourth-order valence-electron chi connectivity index (χ4n) is 2.95. The summed E-state index contributed by atoms with van der Waals surface area (Å²) in [5, 5.41) is 3.97. The van der Waals surface area contributed by atoms with Crippen LogP contribution in [0.2, 0.25) is 0 Å². The smallest absolute Gasteiger partial charge is 0.244 e. The average molecular weight is 364 g/mol. The molecule has 27 heavy (non-hydrogen) atoms. The van der Waals surface area contributed by atoms with E-state index >= 15 is 0 Å². The van der Waals surface area contributed by atoms with Crippen LogP contribution < -0.4 is 10.1 Å². The quantitative estimate of drug-likeness (QED) is 0.647. The highest BCUT2D eigenvalue weighted by atomic mass is 16.5. The molecule has 1 amide bonds. The third kappa shape index (κ3) is 4.77. The zero-order valence-electron chi connectivity index (χ0n) is 15.8. The van der Waals surface area contributed by atoms with E-state index in [4.69, 9.17) is 9.15 Å². The van der Waals surface area contributed by atoms with E-state index in [0.29, 0.717) is 12.3 Å². The highest BCUT2D eigenvalue weighted by molar-refractivity contribution is 5.92. The lowest BCUT2D eigenvalue weighted by atomic mass is 10.1. The van der Waals surface area contributed by atoms with Crippen molar-refractivity contribution in [3.63, 3.8) is 0 Å². The summed E-state index contributed by atoms with van der Waals surface area (Å²) >= 11 is 0. The normalized spacial score (nSPS) is 12.6. The molecule has 0 fully saturated rings. The first-order chi connectivity index (χ1) is 13.1. The lowest BCUT2D eigenvalue weighted by Gasteiger charge is -2.25. The maximum Gasteiger partial charge on any atom is 0.244 e. The van der Waals surface area contributed by atoms with Crippen molar-refractivity contribution < 1.29 is 13.9 Å². The van der Waals surface area contributed by atoms with Crippen molar-refractivity contribution in [3.8, 4) is 5.75 Å². The minimum atomic E-state index is -0.162. The number of rotatable bonds is 7. The molecule has 3 aromatic rings. The van der Waals surface area contributed by atoms with Gasteiger partial charge in [-0.2, -0.15) is 0 Å². The molecule has 0 saturated heterocycles. The number of fused-ring (bicyclic) bond motifs is 1. The van der Waals surface area contributed by atoms with Gasteiger partial charge in [-0.05, 0) is 50.0 Å². The molecule has 140 valence electrons. The fourth-order valence-corrected chi connectivity index (χ4v) is 2.95. The Balaban J connectivity index is 1.63. The number of benzene rings is 2. The van der Waals surface area contributed by atoms with Gasteiger partial charge in [0.2, 0.25) is 5.91 Å². The van der Waals surface area contributed by atoms with Crippen molar-refractivity contribution in [1.29, 1.82) is 0 Å². The summed E-state index contributed by atoms with van der Waals surface area (Å²) in [5.41, 5.74) is 1.89. The molecule has 3 rings (SSSR count). The SMILES string of the molecule is COc1cccc(C(CNC(=O)/C=C/c2cc3ccccc3o2)N(C)C)c1. The maximum absolute atomic E-state index is 12.2. The standard InChI is InChI=1S/C22H24N2O3/c1-24(2)20(16-8-6-9-18(13-16)26-3)15-23-22(25)12-11-19-14-17-7-4-5-10-21(17)27-19/h4-14,20H,15H2,1-3H3,(H,23,25)/b12-11+. The van der Waals surface area contributed by atoms with Gasteiger partial charge in [0.05, 0.1) is 13.2 Å². The zero-order valence-corrected chi connectivity index (χ0v) is 15.8. The Morgan fingerprint density at radius 2 is 2.00 bits per heavy atom. The summed E-state index contributed by atoms with van der Waals surface area (Å²) in [5.74, 6) is 1.30. The molecule has 5 nitrogen and oxygen atoms in total. The Hall–Kier alpha value is -3.05. The van der Waals surface area contributed by atoms with Crippen molar-refractivity contribution >= 4 is 23.0 Å². The highest BCUT2D eigenvalue weighted by Crippen LogP contribution is 2.22. The van der Waals surface area contributed by atoms with E-state index in [1.807, 2.05) is 68.7 Å². The van der Waals surface area contributed by atoms with E-state index in [-0.39, 0.29) is 11.9 Å². The predicted octanol–water partition coefficient (Wildman–Crippen LogP) is 3.87. The third-order valence-electron chi connectivity index (χ3n) is 4.42. The zero-order chi connectivity index (χ0) is 19.2. The average Bonchev–Trinajstić information content (AvgIpc) is 3.09. The fraction of sp³-hybridized carbons (Fsp3) is 0.227. The second-order valence-corrected chi connectivity index (χ2v) is 6.52. The van der Waals surface area contributed by atoms with Gasteiger partial charge in [0.15, 0.2) is 0 Å². The predicted molar refractivity (Wildman–Crippen MR) is 108 cm³/mol. The van der Waals surface area contributed by atoms with Crippen LogP contribution in [0.25, 0.3) is 17.0 Å². The Morgan fingerprint density at radius 3 is 2.74 bits per heavy atom. The van der Waals surface area contributed by atoms with E-state index in [0.717, 1.165) is 22.3 Å². The maximum atomic E-state index is 12.2. The number of nitrogens with zero attached hydrogens (tertiary/aromatic N) is 1. The molecular formula is C22H24N2O3. The Kier molecular flexibility index (Phi) is 5.94.